The molecule has 0 aromatic heterocycles. The number of nitrogens with one attached hydrogen (secondary N) is 1. The number of anilines is 1. The van der Waals surface area contributed by atoms with Gasteiger partial charge >= 0.3 is 6.36 Å². The molecule has 21 heavy (non-hydrogen) atoms. The van der Waals surface area contributed by atoms with Crippen LogP contribution in [0.2, 0.25) is 0 Å². The van der Waals surface area contributed by atoms with Crippen molar-refractivity contribution >= 4 is 21.6 Å². The van der Waals surface area contributed by atoms with Crippen molar-refractivity contribution in [3.05, 3.63) is 58.3 Å². The van der Waals surface area contributed by atoms with E-state index in [2.05, 4.69) is 26.0 Å². The zero-order valence-corrected chi connectivity index (χ0v) is 12.1. The fourth-order valence-electron chi connectivity index (χ4n) is 1.66. The second-order valence-corrected chi connectivity index (χ2v) is 5.03. The molecule has 112 valence electrons. The molecule has 0 aliphatic carbocycles. The summed E-state index contributed by atoms with van der Waals surface area (Å²) in [4.78, 5) is 0. The van der Waals surface area contributed by atoms with E-state index < -0.39 is 6.36 Å². The Labute approximate surface area is 126 Å². The Hall–Kier alpha value is -1.76. The quantitative estimate of drug-likeness (QED) is 0.763. The first-order valence-electron chi connectivity index (χ1n) is 5.87. The number of halogens is 5. The zero-order chi connectivity index (χ0) is 15.5. The third-order valence-corrected chi connectivity index (χ3v) is 3.16. The highest BCUT2D eigenvalue weighted by molar-refractivity contribution is 9.10. The van der Waals surface area contributed by atoms with Crippen molar-refractivity contribution in [3.63, 3.8) is 0 Å². The average Bonchev–Trinajstić information content (AvgIpc) is 2.39. The first kappa shape index (κ1) is 15.6. The molecule has 1 N–H and O–H groups in total. The summed E-state index contributed by atoms with van der Waals surface area (Å²) in [6, 6.07) is 10.0. The molecule has 7 heteroatoms. The minimum atomic E-state index is -4.72. The van der Waals surface area contributed by atoms with Crippen LogP contribution in [0.4, 0.5) is 23.2 Å². The molecule has 2 aromatic rings. The molecule has 0 bridgehead atoms. The highest BCUT2D eigenvalue weighted by Crippen LogP contribution is 2.25. The van der Waals surface area contributed by atoms with E-state index in [1.165, 1.54) is 24.3 Å². The van der Waals surface area contributed by atoms with E-state index in [0.717, 1.165) is 5.56 Å². The molecular weight excluding hydrogens is 354 g/mol. The molecule has 0 spiro atoms. The SMILES string of the molecule is Fc1ccc(CNc2cccc(OC(F)(F)F)c2)cc1Br. The summed E-state index contributed by atoms with van der Waals surface area (Å²) in [5.41, 5.74) is 1.25. The van der Waals surface area contributed by atoms with Crippen molar-refractivity contribution in [3.8, 4) is 5.75 Å². The predicted molar refractivity (Wildman–Crippen MR) is 74.6 cm³/mol. The highest BCUT2D eigenvalue weighted by Gasteiger charge is 2.31. The summed E-state index contributed by atoms with van der Waals surface area (Å²) < 4.78 is 53.6. The molecule has 0 saturated carbocycles. The first-order valence-corrected chi connectivity index (χ1v) is 6.66. The standard InChI is InChI=1S/C14H10BrF4NO/c15-12-6-9(4-5-13(12)16)8-20-10-2-1-3-11(7-10)21-14(17,18)19/h1-7,20H,8H2. The van der Waals surface area contributed by atoms with Crippen molar-refractivity contribution in [2.75, 3.05) is 5.32 Å². The van der Waals surface area contributed by atoms with Crippen LogP contribution >= 0.6 is 15.9 Å². The van der Waals surface area contributed by atoms with Crippen LogP contribution in [0.5, 0.6) is 5.75 Å². The Morgan fingerprint density at radius 2 is 1.86 bits per heavy atom. The van der Waals surface area contributed by atoms with Gasteiger partial charge in [-0.15, -0.1) is 13.2 Å². The second kappa shape index (κ2) is 6.34. The summed E-state index contributed by atoms with van der Waals surface area (Å²) in [6.45, 7) is 0.342. The van der Waals surface area contributed by atoms with Gasteiger partial charge in [0, 0.05) is 18.3 Å². The van der Waals surface area contributed by atoms with Crippen LogP contribution in [0.3, 0.4) is 0 Å². The first-order chi connectivity index (χ1) is 9.83. The lowest BCUT2D eigenvalue weighted by molar-refractivity contribution is -0.274. The van der Waals surface area contributed by atoms with E-state index in [1.54, 1.807) is 18.2 Å². The molecule has 2 nitrogen and oxygen atoms in total. The van der Waals surface area contributed by atoms with Gasteiger partial charge in [-0.2, -0.15) is 0 Å². The van der Waals surface area contributed by atoms with E-state index in [-0.39, 0.29) is 11.6 Å². The minimum absolute atomic E-state index is 0.298. The summed E-state index contributed by atoms with van der Waals surface area (Å²) >= 11 is 3.07. The molecule has 0 aliphatic heterocycles. The Bertz CT molecular complexity index is 631. The van der Waals surface area contributed by atoms with Gasteiger partial charge in [0.05, 0.1) is 4.47 Å². The molecule has 0 atom stereocenters. The van der Waals surface area contributed by atoms with Crippen LogP contribution < -0.4 is 10.1 Å². The number of benzene rings is 2. The van der Waals surface area contributed by atoms with Crippen LogP contribution in [-0.2, 0) is 6.54 Å². The predicted octanol–water partition coefficient (Wildman–Crippen LogP) is 5.10. The lowest BCUT2D eigenvalue weighted by Gasteiger charge is -2.11. The van der Waals surface area contributed by atoms with Gasteiger partial charge < -0.3 is 10.1 Å². The van der Waals surface area contributed by atoms with Crippen molar-refractivity contribution < 1.29 is 22.3 Å². The molecule has 0 fully saturated rings. The Morgan fingerprint density at radius 1 is 1.10 bits per heavy atom. The molecule has 0 heterocycles. The van der Waals surface area contributed by atoms with Gasteiger partial charge in [-0.05, 0) is 45.8 Å². The lowest BCUT2D eigenvalue weighted by Crippen LogP contribution is -2.17. The molecule has 0 saturated heterocycles. The average molecular weight is 364 g/mol. The van der Waals surface area contributed by atoms with Crippen LogP contribution in [0, 0.1) is 5.82 Å². The molecule has 0 unspecified atom stereocenters. The maximum atomic E-state index is 13.1. The van der Waals surface area contributed by atoms with Crippen molar-refractivity contribution in [1.29, 1.82) is 0 Å². The van der Waals surface area contributed by atoms with Gasteiger partial charge in [0.15, 0.2) is 0 Å². The van der Waals surface area contributed by atoms with Crippen LogP contribution in [0.25, 0.3) is 0 Å². The van der Waals surface area contributed by atoms with E-state index in [1.807, 2.05) is 0 Å². The van der Waals surface area contributed by atoms with Gasteiger partial charge in [0.1, 0.15) is 11.6 Å². The Morgan fingerprint density at radius 3 is 2.52 bits per heavy atom. The van der Waals surface area contributed by atoms with E-state index >= 15 is 0 Å². The van der Waals surface area contributed by atoms with Crippen molar-refractivity contribution in [1.82, 2.24) is 0 Å². The second-order valence-electron chi connectivity index (χ2n) is 4.18. The number of hydrogen-bond acceptors (Lipinski definition) is 2. The van der Waals surface area contributed by atoms with Gasteiger partial charge in [0.2, 0.25) is 0 Å². The van der Waals surface area contributed by atoms with Gasteiger partial charge in [-0.25, -0.2) is 4.39 Å². The summed E-state index contributed by atoms with van der Waals surface area (Å²) in [6.07, 6.45) is -4.72. The van der Waals surface area contributed by atoms with E-state index in [4.69, 9.17) is 0 Å². The molecule has 0 aliphatic rings. The molecular formula is C14H10BrF4NO. The smallest absolute Gasteiger partial charge is 0.406 e. The molecule has 2 rings (SSSR count). The van der Waals surface area contributed by atoms with Crippen LogP contribution in [0.15, 0.2) is 46.9 Å². The molecule has 0 radical (unpaired) electrons. The van der Waals surface area contributed by atoms with Crippen molar-refractivity contribution in [2.45, 2.75) is 12.9 Å². The number of hydrogen-bond donors (Lipinski definition) is 1. The van der Waals surface area contributed by atoms with E-state index in [9.17, 15) is 17.6 Å². The fraction of sp³-hybridized carbons (Fsp3) is 0.143. The Balaban J connectivity index is 2.03. The number of rotatable bonds is 4. The summed E-state index contributed by atoms with van der Waals surface area (Å²) in [7, 11) is 0. The zero-order valence-electron chi connectivity index (χ0n) is 10.5. The van der Waals surface area contributed by atoms with E-state index in [0.29, 0.717) is 16.7 Å². The van der Waals surface area contributed by atoms with Gasteiger partial charge in [0.25, 0.3) is 0 Å². The maximum Gasteiger partial charge on any atom is 0.573 e. The monoisotopic (exact) mass is 363 g/mol. The summed E-state index contributed by atoms with van der Waals surface area (Å²) in [5.74, 6) is -0.674. The number of ether oxygens (including phenoxy) is 1. The van der Waals surface area contributed by atoms with Crippen LogP contribution in [0.1, 0.15) is 5.56 Å². The van der Waals surface area contributed by atoms with Crippen molar-refractivity contribution in [2.24, 2.45) is 0 Å². The van der Waals surface area contributed by atoms with Gasteiger partial charge in [-0.3, -0.25) is 0 Å². The third kappa shape index (κ3) is 4.93. The largest absolute Gasteiger partial charge is 0.573 e. The van der Waals surface area contributed by atoms with Crippen LogP contribution in [-0.4, -0.2) is 6.36 Å². The fourth-order valence-corrected chi connectivity index (χ4v) is 2.08. The topological polar surface area (TPSA) is 21.3 Å². The number of alkyl halides is 3. The van der Waals surface area contributed by atoms with Gasteiger partial charge in [-0.1, -0.05) is 12.1 Å². The lowest BCUT2D eigenvalue weighted by atomic mass is 10.2. The highest BCUT2D eigenvalue weighted by atomic mass is 79.9. The minimum Gasteiger partial charge on any atom is -0.406 e. The molecule has 2 aromatic carbocycles. The Kier molecular flexibility index (Phi) is 4.72. The normalized spacial score (nSPS) is 11.3. The molecule has 0 amide bonds. The third-order valence-electron chi connectivity index (χ3n) is 2.55. The summed E-state index contributed by atoms with van der Waals surface area (Å²) in [5, 5.41) is 2.94. The maximum absolute atomic E-state index is 13.1.